The molecule has 2 rings (SSSR count). The molecule has 2 N–H and O–H groups in total. The van der Waals surface area contributed by atoms with E-state index < -0.39 is 26.7 Å². The van der Waals surface area contributed by atoms with Crippen molar-refractivity contribution in [1.82, 2.24) is 0 Å². The highest BCUT2D eigenvalue weighted by molar-refractivity contribution is 7.92. The second-order valence-electron chi connectivity index (χ2n) is 5.34. The molecule has 0 aliphatic heterocycles. The summed E-state index contributed by atoms with van der Waals surface area (Å²) in [5.41, 5.74) is -0.842. The van der Waals surface area contributed by atoms with Gasteiger partial charge in [0, 0.05) is 13.0 Å². The molecule has 2 aromatic carbocycles. The second-order valence-corrected chi connectivity index (χ2v) is 7.40. The first-order valence-electron chi connectivity index (χ1n) is 7.29. The van der Waals surface area contributed by atoms with Gasteiger partial charge < -0.3 is 10.1 Å². The summed E-state index contributed by atoms with van der Waals surface area (Å²) in [5, 5.41) is 2.13. The van der Waals surface area contributed by atoms with Crippen molar-refractivity contribution in [3.8, 4) is 5.75 Å². The number of sulfonamides is 1. The number of carbonyl (C=O) groups is 1. The van der Waals surface area contributed by atoms with E-state index in [1.165, 1.54) is 32.2 Å². The number of nitrogens with one attached hydrogen (secondary N) is 2. The smallest absolute Gasteiger partial charge is 0.416 e. The molecule has 0 spiro atoms. The summed E-state index contributed by atoms with van der Waals surface area (Å²) < 4.78 is 70.7. The first-order valence-corrected chi connectivity index (χ1v) is 9.15. The van der Waals surface area contributed by atoms with Crippen molar-refractivity contribution >= 4 is 38.9 Å². The SMILES string of the molecule is COc1cc(NS(=O)(=O)c2cc(C(F)(F)F)ccc2Cl)ccc1NC(C)=O. The molecule has 0 saturated heterocycles. The van der Waals surface area contributed by atoms with Crippen LogP contribution in [0.1, 0.15) is 12.5 Å². The van der Waals surface area contributed by atoms with E-state index in [1.807, 2.05) is 0 Å². The maximum absolute atomic E-state index is 12.9. The van der Waals surface area contributed by atoms with E-state index in [-0.39, 0.29) is 22.4 Å². The number of ether oxygens (including phenoxy) is 1. The van der Waals surface area contributed by atoms with Crippen LogP contribution in [-0.2, 0) is 21.0 Å². The summed E-state index contributed by atoms with van der Waals surface area (Å²) in [6, 6.07) is 5.96. The Morgan fingerprint density at radius 2 is 1.81 bits per heavy atom. The maximum atomic E-state index is 12.9. The molecule has 146 valence electrons. The molecule has 2 aromatic rings. The van der Waals surface area contributed by atoms with Crippen molar-refractivity contribution in [2.45, 2.75) is 18.0 Å². The number of benzene rings is 2. The van der Waals surface area contributed by atoms with Crippen LogP contribution in [0.3, 0.4) is 0 Å². The molecule has 0 unspecified atom stereocenters. The molecule has 0 heterocycles. The number of carbonyl (C=O) groups excluding carboxylic acids is 1. The number of alkyl halides is 3. The van der Waals surface area contributed by atoms with Gasteiger partial charge in [-0.2, -0.15) is 13.2 Å². The molecule has 0 aromatic heterocycles. The quantitative estimate of drug-likeness (QED) is 0.758. The topological polar surface area (TPSA) is 84.5 Å². The van der Waals surface area contributed by atoms with Crippen LogP contribution in [-0.4, -0.2) is 21.4 Å². The van der Waals surface area contributed by atoms with Crippen molar-refractivity contribution in [2.24, 2.45) is 0 Å². The molecule has 1 amide bonds. The monoisotopic (exact) mass is 422 g/mol. The molecule has 0 saturated carbocycles. The molecule has 0 bridgehead atoms. The van der Waals surface area contributed by atoms with E-state index in [0.717, 1.165) is 6.07 Å². The minimum atomic E-state index is -4.72. The van der Waals surface area contributed by atoms with Gasteiger partial charge in [0.05, 0.1) is 29.1 Å². The van der Waals surface area contributed by atoms with E-state index in [2.05, 4.69) is 10.0 Å². The summed E-state index contributed by atoms with van der Waals surface area (Å²) >= 11 is 5.78. The van der Waals surface area contributed by atoms with Gasteiger partial charge in [0.1, 0.15) is 10.6 Å². The Morgan fingerprint density at radius 3 is 2.37 bits per heavy atom. The fourth-order valence-corrected chi connectivity index (χ4v) is 3.72. The van der Waals surface area contributed by atoms with Crippen molar-refractivity contribution in [2.75, 3.05) is 17.1 Å². The molecule has 0 radical (unpaired) electrons. The number of halogens is 4. The molecule has 0 aliphatic rings. The first-order chi connectivity index (χ1) is 12.4. The summed E-state index contributed by atoms with van der Waals surface area (Å²) in [5.74, 6) is -0.210. The van der Waals surface area contributed by atoms with Gasteiger partial charge in [-0.25, -0.2) is 8.42 Å². The molecular weight excluding hydrogens is 409 g/mol. The van der Waals surface area contributed by atoms with Crippen LogP contribution in [0.2, 0.25) is 5.02 Å². The third-order valence-corrected chi connectivity index (χ3v) is 5.18. The predicted molar refractivity (Wildman–Crippen MR) is 94.6 cm³/mol. The van der Waals surface area contributed by atoms with Gasteiger partial charge in [-0.15, -0.1) is 0 Å². The first kappa shape index (κ1) is 20.8. The lowest BCUT2D eigenvalue weighted by molar-refractivity contribution is -0.137. The van der Waals surface area contributed by atoms with Crippen molar-refractivity contribution in [3.05, 3.63) is 47.0 Å². The van der Waals surface area contributed by atoms with E-state index in [9.17, 15) is 26.4 Å². The van der Waals surface area contributed by atoms with Gasteiger partial charge in [-0.1, -0.05) is 11.6 Å². The Kier molecular flexibility index (Phi) is 5.91. The maximum Gasteiger partial charge on any atom is 0.416 e. The van der Waals surface area contributed by atoms with Gasteiger partial charge >= 0.3 is 6.18 Å². The van der Waals surface area contributed by atoms with Gasteiger partial charge in [-0.05, 0) is 30.3 Å². The average molecular weight is 423 g/mol. The van der Waals surface area contributed by atoms with Gasteiger partial charge in [0.25, 0.3) is 10.0 Å². The lowest BCUT2D eigenvalue weighted by Crippen LogP contribution is -2.15. The van der Waals surface area contributed by atoms with Crippen LogP contribution < -0.4 is 14.8 Å². The third-order valence-electron chi connectivity index (χ3n) is 3.31. The normalized spacial score (nSPS) is 11.8. The van der Waals surface area contributed by atoms with E-state index >= 15 is 0 Å². The zero-order valence-electron chi connectivity index (χ0n) is 14.0. The second kappa shape index (κ2) is 7.65. The zero-order valence-corrected chi connectivity index (χ0v) is 15.6. The van der Waals surface area contributed by atoms with Crippen LogP contribution in [0.15, 0.2) is 41.3 Å². The molecule has 0 aliphatic carbocycles. The Balaban J connectivity index is 2.41. The molecule has 0 atom stereocenters. The molecular formula is C16H14ClF3N2O4S. The highest BCUT2D eigenvalue weighted by atomic mass is 35.5. The standard InChI is InChI=1S/C16H14ClF3N2O4S/c1-9(23)21-13-6-4-11(8-14(13)26-2)22-27(24,25)15-7-10(16(18,19)20)3-5-12(15)17/h3-8,22H,1-2H3,(H,21,23). The van der Waals surface area contributed by atoms with Crippen LogP contribution in [0.5, 0.6) is 5.75 Å². The Bertz CT molecular complexity index is 978. The van der Waals surface area contributed by atoms with Crippen molar-refractivity contribution in [3.63, 3.8) is 0 Å². The van der Waals surface area contributed by atoms with Gasteiger partial charge in [0.2, 0.25) is 5.91 Å². The van der Waals surface area contributed by atoms with Crippen molar-refractivity contribution in [1.29, 1.82) is 0 Å². The molecule has 11 heteroatoms. The van der Waals surface area contributed by atoms with E-state index in [0.29, 0.717) is 17.8 Å². The number of anilines is 2. The average Bonchev–Trinajstić information content (AvgIpc) is 2.54. The minimum absolute atomic E-state index is 0.00873. The summed E-state index contributed by atoms with van der Waals surface area (Å²) in [6.07, 6.45) is -4.72. The Morgan fingerprint density at radius 1 is 1.15 bits per heavy atom. The third kappa shape index (κ3) is 5.04. The lowest BCUT2D eigenvalue weighted by Gasteiger charge is -2.14. The number of hydrogen-bond donors (Lipinski definition) is 2. The largest absolute Gasteiger partial charge is 0.494 e. The van der Waals surface area contributed by atoms with E-state index in [4.69, 9.17) is 16.3 Å². The molecule has 6 nitrogen and oxygen atoms in total. The number of hydrogen-bond acceptors (Lipinski definition) is 4. The number of rotatable bonds is 5. The van der Waals surface area contributed by atoms with Crippen LogP contribution in [0.25, 0.3) is 0 Å². The van der Waals surface area contributed by atoms with Crippen molar-refractivity contribution < 1.29 is 31.1 Å². The predicted octanol–water partition coefficient (Wildman–Crippen LogP) is 4.13. The summed E-state index contributed by atoms with van der Waals surface area (Å²) in [7, 11) is -3.10. The summed E-state index contributed by atoms with van der Waals surface area (Å²) in [4.78, 5) is 10.4. The molecule has 27 heavy (non-hydrogen) atoms. The van der Waals surface area contributed by atoms with Crippen LogP contribution in [0.4, 0.5) is 24.5 Å². The highest BCUT2D eigenvalue weighted by Gasteiger charge is 2.32. The minimum Gasteiger partial charge on any atom is -0.494 e. The fourth-order valence-electron chi connectivity index (χ4n) is 2.14. The molecule has 0 fully saturated rings. The summed E-state index contributed by atoms with van der Waals surface area (Å²) in [6.45, 7) is 1.28. The Labute approximate surface area is 158 Å². The number of amides is 1. The van der Waals surface area contributed by atoms with Gasteiger partial charge in [-0.3, -0.25) is 9.52 Å². The van der Waals surface area contributed by atoms with Crippen LogP contribution in [0, 0.1) is 0 Å². The number of methoxy groups -OCH3 is 1. The van der Waals surface area contributed by atoms with E-state index in [1.54, 1.807) is 0 Å². The zero-order chi connectivity index (χ0) is 20.4. The lowest BCUT2D eigenvalue weighted by atomic mass is 10.2. The highest BCUT2D eigenvalue weighted by Crippen LogP contribution is 2.35. The van der Waals surface area contributed by atoms with Crippen LogP contribution >= 0.6 is 11.6 Å². The van der Waals surface area contributed by atoms with Gasteiger partial charge in [0.15, 0.2) is 0 Å². The fraction of sp³-hybridized carbons (Fsp3) is 0.188. The Hall–Kier alpha value is -2.46.